The molecular weight excluding hydrogens is 565 g/mol. The largest absolute Gasteiger partial charge is 0.339 e. The van der Waals surface area contributed by atoms with Gasteiger partial charge in [-0.3, -0.25) is 9.78 Å². The number of amides is 1. The highest BCUT2D eigenvalue weighted by Gasteiger charge is 2.30. The molecule has 0 saturated heterocycles. The summed E-state index contributed by atoms with van der Waals surface area (Å²) in [6.07, 6.45) is 15.4. The topological polar surface area (TPSA) is 87.5 Å². The molecule has 1 N–H and O–H groups in total. The van der Waals surface area contributed by atoms with Crippen molar-refractivity contribution in [3.8, 4) is 5.69 Å². The number of sulfonamides is 1. The van der Waals surface area contributed by atoms with Crippen LogP contribution in [0.15, 0.2) is 42.9 Å². The molecule has 0 radical (unpaired) electrons. The lowest BCUT2D eigenvalue weighted by Gasteiger charge is -2.38. The average molecular weight is 612 g/mol. The van der Waals surface area contributed by atoms with Gasteiger partial charge in [-0.05, 0) is 114 Å². The molecule has 0 atom stereocenters. The first-order valence-corrected chi connectivity index (χ1v) is 17.5. The number of nitrogens with one attached hydrogen (secondary N) is 1. The van der Waals surface area contributed by atoms with Crippen LogP contribution in [0.5, 0.6) is 0 Å². The van der Waals surface area contributed by atoms with Crippen LogP contribution in [-0.4, -0.2) is 78.7 Å². The molecule has 3 aromatic rings. The number of benzene rings is 1. The monoisotopic (exact) mass is 611 g/mol. The van der Waals surface area contributed by atoms with Crippen molar-refractivity contribution in [2.75, 3.05) is 26.9 Å². The highest BCUT2D eigenvalue weighted by atomic mass is 32.2. The summed E-state index contributed by atoms with van der Waals surface area (Å²) in [5, 5.41) is 1.13. The van der Waals surface area contributed by atoms with Gasteiger partial charge in [-0.2, -0.15) is 0 Å². The lowest BCUT2D eigenvalue weighted by atomic mass is 9.80. The van der Waals surface area contributed by atoms with Crippen molar-refractivity contribution in [1.29, 1.82) is 0 Å². The van der Waals surface area contributed by atoms with Gasteiger partial charge >= 0.3 is 0 Å². The standard InChI is InChI=1S/C33H46FN5O3S/c1-22(2)38(4)33(40)29-18-25(34)10-15-31(29)39-21-30(28-16-17-35-19-32(28)39)24-8-13-27(14-9-24)37(3)20-23-6-11-26(12-7-23)36-43(5,41)42/h10,15-19,21-24,26-27,36H,6-9,11-14,20H2,1-5H3. The Morgan fingerprint density at radius 1 is 1.07 bits per heavy atom. The van der Waals surface area contributed by atoms with Crippen LogP contribution in [0.1, 0.15) is 87.1 Å². The third-order valence-corrected chi connectivity index (χ3v) is 10.5. The number of carbonyl (C=O) groups is 1. The minimum Gasteiger partial charge on any atom is -0.339 e. The maximum Gasteiger partial charge on any atom is 0.256 e. The molecule has 0 aliphatic heterocycles. The highest BCUT2D eigenvalue weighted by molar-refractivity contribution is 7.88. The molecule has 10 heteroatoms. The molecule has 1 aromatic carbocycles. The number of fused-ring (bicyclic) bond motifs is 1. The van der Waals surface area contributed by atoms with Crippen molar-refractivity contribution in [2.45, 2.75) is 89.3 Å². The third-order valence-electron chi connectivity index (χ3n) is 9.72. The molecule has 8 nitrogen and oxygen atoms in total. The highest BCUT2D eigenvalue weighted by Crippen LogP contribution is 2.40. The van der Waals surface area contributed by atoms with Gasteiger partial charge in [-0.1, -0.05) is 0 Å². The normalized spacial score (nSPS) is 23.3. The van der Waals surface area contributed by atoms with Gasteiger partial charge in [-0.25, -0.2) is 17.5 Å². The number of hydrogen-bond donors (Lipinski definition) is 1. The Kier molecular flexibility index (Phi) is 9.58. The Balaban J connectivity index is 1.29. The van der Waals surface area contributed by atoms with Crippen LogP contribution in [0, 0.1) is 11.7 Å². The lowest BCUT2D eigenvalue weighted by Crippen LogP contribution is -2.41. The van der Waals surface area contributed by atoms with Gasteiger partial charge < -0.3 is 14.4 Å². The van der Waals surface area contributed by atoms with Crippen LogP contribution in [0.4, 0.5) is 4.39 Å². The van der Waals surface area contributed by atoms with Crippen molar-refractivity contribution in [3.05, 3.63) is 59.8 Å². The predicted molar refractivity (Wildman–Crippen MR) is 170 cm³/mol. The number of carbonyl (C=O) groups excluding carboxylic acids is 1. The van der Waals surface area contributed by atoms with E-state index in [2.05, 4.69) is 33.9 Å². The molecule has 43 heavy (non-hydrogen) atoms. The lowest BCUT2D eigenvalue weighted by molar-refractivity contribution is 0.0754. The summed E-state index contributed by atoms with van der Waals surface area (Å²) in [6.45, 7) is 4.95. The van der Waals surface area contributed by atoms with E-state index in [0.29, 0.717) is 29.1 Å². The van der Waals surface area contributed by atoms with Gasteiger partial charge in [0, 0.05) is 49.5 Å². The van der Waals surface area contributed by atoms with Crippen LogP contribution in [0.2, 0.25) is 0 Å². The van der Waals surface area contributed by atoms with Gasteiger partial charge in [-0.15, -0.1) is 0 Å². The Bertz CT molecular complexity index is 1540. The van der Waals surface area contributed by atoms with Crippen molar-refractivity contribution in [1.82, 2.24) is 24.1 Å². The second-order valence-electron chi connectivity index (χ2n) is 13.1. The van der Waals surface area contributed by atoms with Crippen molar-refractivity contribution in [2.24, 2.45) is 5.92 Å². The first-order valence-electron chi connectivity index (χ1n) is 15.6. The zero-order valence-electron chi connectivity index (χ0n) is 26.1. The number of hydrogen-bond acceptors (Lipinski definition) is 5. The first kappa shape index (κ1) is 31.6. The van der Waals surface area contributed by atoms with E-state index in [1.165, 1.54) is 24.0 Å². The van der Waals surface area contributed by atoms with E-state index in [1.807, 2.05) is 30.8 Å². The fraction of sp³-hybridized carbons (Fsp3) is 0.576. The number of aromatic nitrogens is 2. The summed E-state index contributed by atoms with van der Waals surface area (Å²) >= 11 is 0. The van der Waals surface area contributed by atoms with Gasteiger partial charge in [0.2, 0.25) is 10.0 Å². The van der Waals surface area contributed by atoms with E-state index in [9.17, 15) is 17.6 Å². The molecule has 5 rings (SSSR count). The second-order valence-corrected chi connectivity index (χ2v) is 14.9. The van der Waals surface area contributed by atoms with Crippen molar-refractivity contribution < 1.29 is 17.6 Å². The van der Waals surface area contributed by atoms with E-state index in [4.69, 9.17) is 0 Å². The summed E-state index contributed by atoms with van der Waals surface area (Å²) in [4.78, 5) is 21.9. The summed E-state index contributed by atoms with van der Waals surface area (Å²) in [6, 6.07) is 7.11. The SMILES string of the molecule is CC(C)N(C)C(=O)c1cc(F)ccc1-n1cc(C2CCC(N(C)CC3CCC(NS(C)(=O)=O)CC3)CC2)c2ccncc21. The molecule has 0 spiro atoms. The van der Waals surface area contributed by atoms with E-state index in [-0.39, 0.29) is 18.0 Å². The summed E-state index contributed by atoms with van der Waals surface area (Å²) < 4.78 is 42.4. The number of pyridine rings is 1. The molecule has 2 aromatic heterocycles. The molecule has 0 unspecified atom stereocenters. The fourth-order valence-corrected chi connectivity index (χ4v) is 7.93. The third kappa shape index (κ3) is 7.29. The van der Waals surface area contributed by atoms with Crippen LogP contribution in [-0.2, 0) is 10.0 Å². The minimum absolute atomic E-state index is 0.0116. The molecule has 234 valence electrons. The van der Waals surface area contributed by atoms with Crippen molar-refractivity contribution in [3.63, 3.8) is 0 Å². The van der Waals surface area contributed by atoms with Crippen LogP contribution in [0.25, 0.3) is 16.6 Å². The fourth-order valence-electron chi connectivity index (χ4n) is 7.09. The van der Waals surface area contributed by atoms with E-state index in [1.54, 1.807) is 18.0 Å². The molecule has 2 saturated carbocycles. The molecule has 2 heterocycles. The smallest absolute Gasteiger partial charge is 0.256 e. The Labute approximate surface area is 255 Å². The zero-order valence-corrected chi connectivity index (χ0v) is 26.9. The van der Waals surface area contributed by atoms with Crippen LogP contribution >= 0.6 is 0 Å². The molecule has 1 amide bonds. The molecule has 0 bridgehead atoms. The summed E-state index contributed by atoms with van der Waals surface area (Å²) in [5.74, 6) is 0.361. The summed E-state index contributed by atoms with van der Waals surface area (Å²) in [7, 11) is 0.840. The van der Waals surface area contributed by atoms with Crippen LogP contribution < -0.4 is 4.72 Å². The molecule has 2 fully saturated rings. The Morgan fingerprint density at radius 3 is 2.42 bits per heavy atom. The first-order chi connectivity index (χ1) is 20.4. The van der Waals surface area contributed by atoms with E-state index < -0.39 is 15.8 Å². The maximum atomic E-state index is 14.4. The van der Waals surface area contributed by atoms with Crippen molar-refractivity contribution >= 4 is 26.8 Å². The summed E-state index contributed by atoms with van der Waals surface area (Å²) in [5.41, 5.74) is 3.19. The molecular formula is C33H46FN5O3S. The number of rotatable bonds is 9. The molecule has 2 aliphatic carbocycles. The van der Waals surface area contributed by atoms with Gasteiger partial charge in [0.25, 0.3) is 5.91 Å². The predicted octanol–water partition coefficient (Wildman–Crippen LogP) is 5.71. The minimum atomic E-state index is -3.15. The quantitative estimate of drug-likeness (QED) is 0.335. The second kappa shape index (κ2) is 13.0. The number of halogens is 1. The average Bonchev–Trinajstić information content (AvgIpc) is 3.36. The van der Waals surface area contributed by atoms with E-state index >= 15 is 0 Å². The maximum absolute atomic E-state index is 14.4. The van der Waals surface area contributed by atoms with Gasteiger partial charge in [0.15, 0.2) is 0 Å². The van der Waals surface area contributed by atoms with E-state index in [0.717, 1.165) is 68.8 Å². The van der Waals surface area contributed by atoms with Crippen LogP contribution in [0.3, 0.4) is 0 Å². The molecule has 2 aliphatic rings. The number of nitrogens with zero attached hydrogens (tertiary/aromatic N) is 4. The van der Waals surface area contributed by atoms with Gasteiger partial charge in [0.1, 0.15) is 5.82 Å². The Morgan fingerprint density at radius 2 is 1.77 bits per heavy atom. The van der Waals surface area contributed by atoms with Gasteiger partial charge in [0.05, 0.1) is 29.2 Å². The zero-order chi connectivity index (χ0) is 30.9. The Hall–Kier alpha value is -2.82.